The van der Waals surface area contributed by atoms with E-state index < -0.39 is 4.92 Å². The third kappa shape index (κ3) is 2.52. The van der Waals surface area contributed by atoms with Crippen molar-refractivity contribution in [3.05, 3.63) is 64.0 Å². The molecule has 0 saturated heterocycles. The van der Waals surface area contributed by atoms with E-state index in [2.05, 4.69) is 4.98 Å². The summed E-state index contributed by atoms with van der Waals surface area (Å²) in [5.41, 5.74) is 6.72. The maximum absolute atomic E-state index is 10.9. The monoisotopic (exact) mass is 241 g/mol. The van der Waals surface area contributed by atoms with Gasteiger partial charge in [0.25, 0.3) is 0 Å². The van der Waals surface area contributed by atoms with Crippen molar-refractivity contribution in [3.8, 4) is 0 Å². The smallest absolute Gasteiger partial charge is 0.317 e. The molecular formula is C13H11N3O2. The van der Waals surface area contributed by atoms with Crippen LogP contribution in [0.4, 0.5) is 11.4 Å². The topological polar surface area (TPSA) is 82.0 Å². The Hall–Kier alpha value is -2.69. The Bertz CT molecular complexity index is 594. The molecule has 0 unspecified atom stereocenters. The summed E-state index contributed by atoms with van der Waals surface area (Å²) < 4.78 is 0. The molecule has 2 rings (SSSR count). The zero-order chi connectivity index (χ0) is 13.0. The molecule has 2 N–H and O–H groups in total. The summed E-state index contributed by atoms with van der Waals surface area (Å²) in [6.07, 6.45) is 4.80. The second-order valence-electron chi connectivity index (χ2n) is 3.64. The van der Waals surface area contributed by atoms with Crippen molar-refractivity contribution >= 4 is 23.5 Å². The Morgan fingerprint density at radius 3 is 2.56 bits per heavy atom. The van der Waals surface area contributed by atoms with Crippen LogP contribution < -0.4 is 5.73 Å². The maximum atomic E-state index is 10.9. The number of nitro groups is 1. The molecule has 1 heterocycles. The third-order valence-electron chi connectivity index (χ3n) is 2.40. The van der Waals surface area contributed by atoms with Crippen molar-refractivity contribution in [1.82, 2.24) is 4.98 Å². The predicted octanol–water partition coefficient (Wildman–Crippen LogP) is 2.74. The first-order valence-corrected chi connectivity index (χ1v) is 5.30. The Labute approximate surface area is 104 Å². The number of nitrogens with zero attached hydrogens (tertiary/aromatic N) is 2. The van der Waals surface area contributed by atoms with E-state index in [1.807, 2.05) is 30.3 Å². The first-order chi connectivity index (χ1) is 8.68. The fourth-order valence-corrected chi connectivity index (χ4v) is 1.55. The SMILES string of the molecule is Nc1ccnc(C=Cc2ccccc2)c1[N+](=O)[O-]. The van der Waals surface area contributed by atoms with Crippen LogP contribution in [0.5, 0.6) is 0 Å². The van der Waals surface area contributed by atoms with Crippen molar-refractivity contribution in [2.45, 2.75) is 0 Å². The number of aromatic nitrogens is 1. The molecule has 0 saturated carbocycles. The van der Waals surface area contributed by atoms with Crippen molar-refractivity contribution in [3.63, 3.8) is 0 Å². The van der Waals surface area contributed by atoms with Crippen LogP contribution in [0.15, 0.2) is 42.6 Å². The van der Waals surface area contributed by atoms with Crippen molar-refractivity contribution < 1.29 is 4.92 Å². The summed E-state index contributed by atoms with van der Waals surface area (Å²) in [5, 5.41) is 10.9. The van der Waals surface area contributed by atoms with Gasteiger partial charge in [-0.1, -0.05) is 36.4 Å². The van der Waals surface area contributed by atoms with E-state index in [0.29, 0.717) is 0 Å². The summed E-state index contributed by atoms with van der Waals surface area (Å²) in [5.74, 6) is 0. The summed E-state index contributed by atoms with van der Waals surface area (Å²) in [6, 6.07) is 10.9. The lowest BCUT2D eigenvalue weighted by atomic mass is 10.2. The van der Waals surface area contributed by atoms with Gasteiger partial charge in [0, 0.05) is 6.20 Å². The maximum Gasteiger partial charge on any atom is 0.317 e. The molecule has 0 atom stereocenters. The average molecular weight is 241 g/mol. The molecule has 5 heteroatoms. The normalized spacial score (nSPS) is 10.7. The molecule has 0 bridgehead atoms. The number of benzene rings is 1. The number of pyridine rings is 1. The fraction of sp³-hybridized carbons (Fsp3) is 0. The van der Waals surface area contributed by atoms with E-state index in [4.69, 9.17) is 5.73 Å². The second-order valence-corrected chi connectivity index (χ2v) is 3.64. The number of nitrogens with two attached hydrogens (primary N) is 1. The van der Waals surface area contributed by atoms with Gasteiger partial charge in [-0.3, -0.25) is 10.1 Å². The minimum absolute atomic E-state index is 0.114. The molecule has 2 aromatic rings. The molecule has 0 spiro atoms. The Morgan fingerprint density at radius 2 is 1.89 bits per heavy atom. The zero-order valence-corrected chi connectivity index (χ0v) is 9.48. The number of rotatable bonds is 3. The minimum Gasteiger partial charge on any atom is -0.393 e. The van der Waals surface area contributed by atoms with Gasteiger partial charge in [-0.25, -0.2) is 4.98 Å². The highest BCUT2D eigenvalue weighted by Gasteiger charge is 2.16. The second kappa shape index (κ2) is 5.09. The first-order valence-electron chi connectivity index (χ1n) is 5.30. The molecule has 1 aromatic carbocycles. The molecule has 18 heavy (non-hydrogen) atoms. The molecule has 0 fully saturated rings. The van der Waals surface area contributed by atoms with Crippen molar-refractivity contribution in [1.29, 1.82) is 0 Å². The van der Waals surface area contributed by atoms with Crippen LogP contribution in [0.25, 0.3) is 12.2 Å². The van der Waals surface area contributed by atoms with Gasteiger partial charge in [-0.2, -0.15) is 0 Å². The van der Waals surface area contributed by atoms with Gasteiger partial charge in [0.2, 0.25) is 0 Å². The quantitative estimate of drug-likeness (QED) is 0.661. The highest BCUT2D eigenvalue weighted by Crippen LogP contribution is 2.25. The van der Waals surface area contributed by atoms with Crippen molar-refractivity contribution in [2.24, 2.45) is 0 Å². The Balaban J connectivity index is 2.38. The molecule has 90 valence electrons. The number of nitrogen functional groups attached to an aromatic ring is 1. The molecule has 0 aliphatic heterocycles. The van der Waals surface area contributed by atoms with E-state index in [-0.39, 0.29) is 17.1 Å². The lowest BCUT2D eigenvalue weighted by Crippen LogP contribution is -1.99. The third-order valence-corrected chi connectivity index (χ3v) is 2.40. The fourth-order valence-electron chi connectivity index (χ4n) is 1.55. The van der Waals surface area contributed by atoms with Crippen LogP contribution in [-0.4, -0.2) is 9.91 Å². The van der Waals surface area contributed by atoms with Gasteiger partial charge in [0.05, 0.1) is 4.92 Å². The molecule has 0 amide bonds. The van der Waals surface area contributed by atoms with E-state index in [1.54, 1.807) is 12.2 Å². The van der Waals surface area contributed by atoms with Gasteiger partial charge in [-0.05, 0) is 17.7 Å². The van der Waals surface area contributed by atoms with Crippen LogP contribution in [0, 0.1) is 10.1 Å². The lowest BCUT2D eigenvalue weighted by molar-refractivity contribution is -0.384. The van der Waals surface area contributed by atoms with Gasteiger partial charge < -0.3 is 5.73 Å². The Kier molecular flexibility index (Phi) is 3.33. The van der Waals surface area contributed by atoms with Gasteiger partial charge in [-0.15, -0.1) is 0 Å². The summed E-state index contributed by atoms with van der Waals surface area (Å²) in [6.45, 7) is 0. The van der Waals surface area contributed by atoms with Gasteiger partial charge in [0.15, 0.2) is 0 Å². The van der Waals surface area contributed by atoms with Crippen LogP contribution >= 0.6 is 0 Å². The molecular weight excluding hydrogens is 230 g/mol. The molecule has 1 aromatic heterocycles. The average Bonchev–Trinajstić information content (AvgIpc) is 2.37. The van der Waals surface area contributed by atoms with E-state index in [0.717, 1.165) is 5.56 Å². The molecule has 0 aliphatic rings. The first kappa shape index (κ1) is 11.8. The summed E-state index contributed by atoms with van der Waals surface area (Å²) in [4.78, 5) is 14.4. The largest absolute Gasteiger partial charge is 0.393 e. The standard InChI is InChI=1S/C13H11N3O2/c14-11-8-9-15-12(13(11)16(17)18)7-6-10-4-2-1-3-5-10/h1-9H,(H2,14,15). The van der Waals surface area contributed by atoms with Crippen LogP contribution in [0.1, 0.15) is 11.3 Å². The van der Waals surface area contributed by atoms with Gasteiger partial charge in [0.1, 0.15) is 11.4 Å². The molecule has 5 nitrogen and oxygen atoms in total. The Morgan fingerprint density at radius 1 is 1.17 bits per heavy atom. The summed E-state index contributed by atoms with van der Waals surface area (Å²) >= 11 is 0. The van der Waals surface area contributed by atoms with Crippen LogP contribution in [-0.2, 0) is 0 Å². The van der Waals surface area contributed by atoms with E-state index >= 15 is 0 Å². The highest BCUT2D eigenvalue weighted by atomic mass is 16.6. The van der Waals surface area contributed by atoms with Crippen LogP contribution in [0.2, 0.25) is 0 Å². The minimum atomic E-state index is -0.521. The van der Waals surface area contributed by atoms with Gasteiger partial charge >= 0.3 is 5.69 Å². The number of hydrogen-bond donors (Lipinski definition) is 1. The highest BCUT2D eigenvalue weighted by molar-refractivity contribution is 5.76. The number of hydrogen-bond acceptors (Lipinski definition) is 4. The predicted molar refractivity (Wildman–Crippen MR) is 70.7 cm³/mol. The van der Waals surface area contributed by atoms with E-state index in [9.17, 15) is 10.1 Å². The lowest BCUT2D eigenvalue weighted by Gasteiger charge is -1.99. The van der Waals surface area contributed by atoms with Crippen molar-refractivity contribution in [2.75, 3.05) is 5.73 Å². The van der Waals surface area contributed by atoms with Crippen LogP contribution in [0.3, 0.4) is 0 Å². The summed E-state index contributed by atoms with van der Waals surface area (Å²) in [7, 11) is 0. The zero-order valence-electron chi connectivity index (χ0n) is 9.48. The number of anilines is 1. The molecule has 0 aliphatic carbocycles. The molecule has 0 radical (unpaired) electrons. The van der Waals surface area contributed by atoms with E-state index in [1.165, 1.54) is 12.3 Å².